The van der Waals surface area contributed by atoms with Gasteiger partial charge in [0.15, 0.2) is 6.10 Å². The highest BCUT2D eigenvalue weighted by Gasteiger charge is 2.26. The van der Waals surface area contributed by atoms with Gasteiger partial charge in [-0.25, -0.2) is 4.57 Å². The molecule has 0 saturated carbocycles. The maximum absolute atomic E-state index is 11.5. The Kier molecular flexibility index (Phi) is 9.39. The van der Waals surface area contributed by atoms with Gasteiger partial charge in [0, 0.05) is 13.8 Å². The van der Waals surface area contributed by atoms with E-state index in [1.165, 1.54) is 0 Å². The molecule has 0 heterocycles. The fourth-order valence-corrected chi connectivity index (χ4v) is 1.86. The third-order valence-corrected chi connectivity index (χ3v) is 3.08. The molecule has 124 valence electrons. The molecule has 0 aromatic heterocycles. The Hall–Kier alpha value is -0.990. The minimum Gasteiger partial charge on any atom is -0.462 e. The first-order valence-corrected chi connectivity index (χ1v) is 7.76. The molecule has 0 rings (SSSR count). The van der Waals surface area contributed by atoms with Gasteiger partial charge in [-0.05, 0) is 6.42 Å². The lowest BCUT2D eigenvalue weighted by atomic mass is 10.3. The number of hydrogen-bond acceptors (Lipinski definition) is 8. The van der Waals surface area contributed by atoms with Crippen LogP contribution < -0.4 is 0 Å². The highest BCUT2D eigenvalue weighted by atomic mass is 31.2. The van der Waals surface area contributed by atoms with Crippen molar-refractivity contribution in [2.75, 3.05) is 19.8 Å². The van der Waals surface area contributed by atoms with Gasteiger partial charge in [-0.1, -0.05) is 6.92 Å². The first-order valence-electron chi connectivity index (χ1n) is 6.26. The maximum atomic E-state index is 11.5. The summed E-state index contributed by atoms with van der Waals surface area (Å²) in [7, 11) is -4.40. The first kappa shape index (κ1) is 20.0. The molecule has 9 nitrogen and oxygen atoms in total. The fourth-order valence-electron chi connectivity index (χ4n) is 1.07. The van der Waals surface area contributed by atoms with E-state index in [-0.39, 0.29) is 13.2 Å². The van der Waals surface area contributed by atoms with E-state index in [1.54, 1.807) is 6.92 Å². The molecule has 0 spiro atoms. The number of hydrogen-bond donors (Lipinski definition) is 2. The Labute approximate surface area is 122 Å². The maximum Gasteiger partial charge on any atom is 0.472 e. The van der Waals surface area contributed by atoms with Crippen LogP contribution in [0.4, 0.5) is 0 Å². The quantitative estimate of drug-likeness (QED) is 0.432. The smallest absolute Gasteiger partial charge is 0.462 e. The van der Waals surface area contributed by atoms with Crippen LogP contribution in [-0.2, 0) is 32.7 Å². The van der Waals surface area contributed by atoms with Crippen LogP contribution in [0.25, 0.3) is 0 Å². The van der Waals surface area contributed by atoms with Crippen LogP contribution in [0.1, 0.15) is 27.2 Å². The van der Waals surface area contributed by atoms with Crippen LogP contribution in [0.3, 0.4) is 0 Å². The molecule has 0 aliphatic carbocycles. The van der Waals surface area contributed by atoms with E-state index in [0.717, 1.165) is 13.8 Å². The second-order valence-electron chi connectivity index (χ2n) is 4.16. The van der Waals surface area contributed by atoms with E-state index in [4.69, 9.17) is 4.74 Å². The molecule has 0 bridgehead atoms. The number of carbonyl (C=O) groups is 2. The number of aliphatic hydroxyl groups is 1. The van der Waals surface area contributed by atoms with Crippen LogP contribution in [0.15, 0.2) is 0 Å². The molecule has 0 radical (unpaired) electrons. The molecule has 3 unspecified atom stereocenters. The van der Waals surface area contributed by atoms with Crippen LogP contribution in [0, 0.1) is 0 Å². The average molecular weight is 328 g/mol. The molecule has 0 aromatic rings. The number of phosphoric acid groups is 1. The van der Waals surface area contributed by atoms with E-state index in [0.29, 0.717) is 6.42 Å². The first-order chi connectivity index (χ1) is 9.66. The number of phosphoric ester groups is 1. The molecule has 2 N–H and O–H groups in total. The zero-order chi connectivity index (χ0) is 16.5. The van der Waals surface area contributed by atoms with E-state index >= 15 is 0 Å². The van der Waals surface area contributed by atoms with Gasteiger partial charge in [0.05, 0.1) is 19.3 Å². The van der Waals surface area contributed by atoms with E-state index in [9.17, 15) is 24.2 Å². The summed E-state index contributed by atoms with van der Waals surface area (Å²) in [4.78, 5) is 30.9. The van der Waals surface area contributed by atoms with Crippen LogP contribution in [-0.4, -0.2) is 54.0 Å². The topological polar surface area (TPSA) is 129 Å². The summed E-state index contributed by atoms with van der Waals surface area (Å²) >= 11 is 0. The number of esters is 2. The van der Waals surface area contributed by atoms with Crippen LogP contribution in [0.2, 0.25) is 0 Å². The van der Waals surface area contributed by atoms with Crippen molar-refractivity contribution in [2.45, 2.75) is 39.4 Å². The Bertz CT molecular complexity index is 384. The minimum atomic E-state index is -4.40. The Balaban J connectivity index is 4.32. The Morgan fingerprint density at radius 2 is 1.67 bits per heavy atom. The number of carbonyl (C=O) groups excluding carboxylic acids is 2. The molecule has 21 heavy (non-hydrogen) atoms. The van der Waals surface area contributed by atoms with Gasteiger partial charge in [0.2, 0.25) is 0 Å². The minimum absolute atomic E-state index is 0.313. The highest BCUT2D eigenvalue weighted by Crippen LogP contribution is 2.43. The van der Waals surface area contributed by atoms with E-state index < -0.39 is 38.6 Å². The highest BCUT2D eigenvalue weighted by molar-refractivity contribution is 7.47. The lowest BCUT2D eigenvalue weighted by Crippen LogP contribution is -2.28. The summed E-state index contributed by atoms with van der Waals surface area (Å²) in [6.45, 7) is 2.79. The van der Waals surface area contributed by atoms with Gasteiger partial charge < -0.3 is 19.5 Å². The predicted octanol–water partition coefficient (Wildman–Crippen LogP) is 0.386. The normalized spacial score (nSPS) is 16.6. The molecule has 0 aliphatic rings. The zero-order valence-electron chi connectivity index (χ0n) is 12.2. The fraction of sp³-hybridized carbons (Fsp3) is 0.818. The van der Waals surface area contributed by atoms with Gasteiger partial charge in [-0.3, -0.25) is 18.6 Å². The zero-order valence-corrected chi connectivity index (χ0v) is 13.1. The van der Waals surface area contributed by atoms with Crippen molar-refractivity contribution in [3.05, 3.63) is 0 Å². The lowest BCUT2D eigenvalue weighted by molar-refractivity contribution is -0.158. The van der Waals surface area contributed by atoms with Gasteiger partial charge >= 0.3 is 19.8 Å². The summed E-state index contributed by atoms with van der Waals surface area (Å²) < 4.78 is 30.1. The molecule has 0 fully saturated rings. The second kappa shape index (κ2) is 9.86. The molecule has 0 amide bonds. The number of ether oxygens (including phenoxy) is 2. The molecule has 3 atom stereocenters. The Morgan fingerprint density at radius 1 is 1.10 bits per heavy atom. The number of aliphatic hydroxyl groups excluding tert-OH is 1. The monoisotopic (exact) mass is 328 g/mol. The van der Waals surface area contributed by atoms with Crippen molar-refractivity contribution in [2.24, 2.45) is 0 Å². The molecule has 0 aromatic carbocycles. The predicted molar refractivity (Wildman–Crippen MR) is 70.2 cm³/mol. The third-order valence-electron chi connectivity index (χ3n) is 2.13. The van der Waals surface area contributed by atoms with Crippen molar-refractivity contribution >= 4 is 19.8 Å². The molecule has 10 heteroatoms. The summed E-state index contributed by atoms with van der Waals surface area (Å²) in [5, 5.41) is 9.22. The van der Waals surface area contributed by atoms with Gasteiger partial charge in [0.1, 0.15) is 6.61 Å². The molecular formula is C11H21O9P. The van der Waals surface area contributed by atoms with Crippen molar-refractivity contribution in [1.29, 1.82) is 0 Å². The summed E-state index contributed by atoms with van der Waals surface area (Å²) in [6.07, 6.45) is -1.58. The van der Waals surface area contributed by atoms with E-state index in [2.05, 4.69) is 13.8 Å². The largest absolute Gasteiger partial charge is 0.472 e. The average Bonchev–Trinajstić information content (AvgIpc) is 2.38. The summed E-state index contributed by atoms with van der Waals surface area (Å²) in [5.41, 5.74) is 0. The molecular weight excluding hydrogens is 307 g/mol. The third kappa shape index (κ3) is 11.4. The second-order valence-corrected chi connectivity index (χ2v) is 5.61. The number of rotatable bonds is 10. The van der Waals surface area contributed by atoms with Crippen molar-refractivity contribution in [3.8, 4) is 0 Å². The molecule has 0 saturated heterocycles. The van der Waals surface area contributed by atoms with Crippen LogP contribution in [0.5, 0.6) is 0 Å². The van der Waals surface area contributed by atoms with Crippen molar-refractivity contribution < 1.29 is 42.7 Å². The van der Waals surface area contributed by atoms with Crippen LogP contribution >= 0.6 is 7.82 Å². The lowest BCUT2D eigenvalue weighted by Gasteiger charge is -2.19. The Morgan fingerprint density at radius 3 is 2.14 bits per heavy atom. The van der Waals surface area contributed by atoms with Crippen molar-refractivity contribution in [3.63, 3.8) is 0 Å². The van der Waals surface area contributed by atoms with Gasteiger partial charge in [-0.2, -0.15) is 0 Å². The summed E-state index contributed by atoms with van der Waals surface area (Å²) in [6, 6.07) is 0. The molecule has 0 aliphatic heterocycles. The van der Waals surface area contributed by atoms with Gasteiger partial charge in [0.25, 0.3) is 0 Å². The van der Waals surface area contributed by atoms with Gasteiger partial charge in [-0.15, -0.1) is 0 Å². The standard InChI is InChI=1S/C11H21O9P/c1-4-10(14)5-18-21(15,16)19-7-11(20-9(3)13)6-17-8(2)12/h10-11,14H,4-7H2,1-3H3,(H,15,16). The van der Waals surface area contributed by atoms with E-state index in [1.807, 2.05) is 0 Å². The SMILES string of the molecule is CCC(O)COP(=O)(O)OCC(COC(C)=O)OC(C)=O. The van der Waals surface area contributed by atoms with Crippen molar-refractivity contribution in [1.82, 2.24) is 0 Å². The summed E-state index contributed by atoms with van der Waals surface area (Å²) in [5.74, 6) is -1.26.